The first-order chi connectivity index (χ1) is 14.6. The van der Waals surface area contributed by atoms with E-state index in [4.69, 9.17) is 9.26 Å². The number of amides is 2. The molecule has 0 radical (unpaired) electrons. The summed E-state index contributed by atoms with van der Waals surface area (Å²) in [6.07, 6.45) is 0. The molecule has 4 rings (SSSR count). The molecular weight excluding hydrogens is 382 g/mol. The number of piperazine rings is 1. The lowest BCUT2D eigenvalue weighted by Gasteiger charge is -2.36. The minimum atomic E-state index is -0.111. The second kappa shape index (κ2) is 8.96. The summed E-state index contributed by atoms with van der Waals surface area (Å²) in [5, 5.41) is 7.04. The normalized spacial score (nSPS) is 15.6. The fourth-order valence-electron chi connectivity index (χ4n) is 3.48. The van der Waals surface area contributed by atoms with Crippen molar-refractivity contribution in [2.24, 2.45) is 0 Å². The van der Waals surface area contributed by atoms with Crippen LogP contribution in [0.5, 0.6) is 5.75 Å². The van der Waals surface area contributed by atoms with Gasteiger partial charge >= 0.3 is 6.03 Å². The molecule has 1 saturated heterocycles. The Morgan fingerprint density at radius 3 is 2.60 bits per heavy atom. The molecule has 8 heteroatoms. The third kappa shape index (κ3) is 4.44. The van der Waals surface area contributed by atoms with Crippen LogP contribution in [0.1, 0.15) is 18.9 Å². The van der Waals surface area contributed by atoms with Gasteiger partial charge in [0, 0.05) is 43.5 Å². The predicted molar refractivity (Wildman–Crippen MR) is 113 cm³/mol. The van der Waals surface area contributed by atoms with Gasteiger partial charge in [-0.05, 0) is 19.1 Å². The van der Waals surface area contributed by atoms with Gasteiger partial charge in [-0.15, -0.1) is 0 Å². The number of urea groups is 1. The molecule has 0 aliphatic carbocycles. The molecule has 1 N–H and O–H groups in total. The first-order valence-electron chi connectivity index (χ1n) is 9.97. The quantitative estimate of drug-likeness (QED) is 0.695. The Balaban J connectivity index is 1.33. The van der Waals surface area contributed by atoms with E-state index in [1.807, 2.05) is 60.4 Å². The topological polar surface area (TPSA) is 83.7 Å². The zero-order valence-corrected chi connectivity index (χ0v) is 17.1. The minimum absolute atomic E-state index is 0.0152. The average molecular weight is 407 g/mol. The van der Waals surface area contributed by atoms with Crippen molar-refractivity contribution in [2.75, 3.05) is 38.6 Å². The van der Waals surface area contributed by atoms with E-state index in [1.54, 1.807) is 13.2 Å². The molecule has 1 aromatic heterocycles. The van der Waals surface area contributed by atoms with Gasteiger partial charge in [0.05, 0.1) is 13.2 Å². The van der Waals surface area contributed by atoms with Crippen molar-refractivity contribution in [3.8, 4) is 17.1 Å². The highest BCUT2D eigenvalue weighted by atomic mass is 16.5. The zero-order valence-electron chi connectivity index (χ0n) is 17.1. The number of methoxy groups -OCH3 is 1. The standard InChI is InChI=1S/C22H25N5O3/c1-16(21-24-20(25-30-21)17-7-4-3-5-8-17)26-11-13-27(14-12-26)22(28)23-18-9-6-10-19(15-18)29-2/h3-10,15-16H,11-14H2,1-2H3,(H,23,28). The predicted octanol–water partition coefficient (Wildman–Crippen LogP) is 3.66. The number of hydrogen-bond acceptors (Lipinski definition) is 6. The fourth-order valence-corrected chi connectivity index (χ4v) is 3.48. The Labute approximate surface area is 175 Å². The summed E-state index contributed by atoms with van der Waals surface area (Å²) in [5.74, 6) is 1.89. The third-order valence-electron chi connectivity index (χ3n) is 5.30. The summed E-state index contributed by atoms with van der Waals surface area (Å²) in [6, 6.07) is 17.0. The highest BCUT2D eigenvalue weighted by Crippen LogP contribution is 2.24. The van der Waals surface area contributed by atoms with Gasteiger partial charge in [-0.2, -0.15) is 4.98 Å². The van der Waals surface area contributed by atoms with Crippen LogP contribution in [0.25, 0.3) is 11.4 Å². The number of anilines is 1. The van der Waals surface area contributed by atoms with Crippen LogP contribution in [-0.4, -0.2) is 59.3 Å². The molecule has 1 aliphatic heterocycles. The lowest BCUT2D eigenvalue weighted by molar-refractivity contribution is 0.104. The molecule has 2 amide bonds. The first kappa shape index (κ1) is 19.9. The molecule has 3 aromatic rings. The molecule has 1 atom stereocenters. The van der Waals surface area contributed by atoms with Crippen molar-refractivity contribution in [1.29, 1.82) is 0 Å². The van der Waals surface area contributed by atoms with Crippen LogP contribution in [-0.2, 0) is 0 Å². The number of rotatable bonds is 5. The SMILES string of the molecule is COc1cccc(NC(=O)N2CCN(C(C)c3nc(-c4ccccc4)no3)CC2)c1. The maximum atomic E-state index is 12.6. The monoisotopic (exact) mass is 407 g/mol. The summed E-state index contributed by atoms with van der Waals surface area (Å²) >= 11 is 0. The van der Waals surface area contributed by atoms with Gasteiger partial charge in [-0.3, -0.25) is 4.90 Å². The second-order valence-electron chi connectivity index (χ2n) is 7.18. The molecule has 0 saturated carbocycles. The van der Waals surface area contributed by atoms with E-state index in [1.165, 1.54) is 0 Å². The van der Waals surface area contributed by atoms with E-state index in [2.05, 4.69) is 20.4 Å². The van der Waals surface area contributed by atoms with Crippen LogP contribution in [0.3, 0.4) is 0 Å². The number of nitrogens with zero attached hydrogens (tertiary/aromatic N) is 4. The van der Waals surface area contributed by atoms with E-state index in [-0.39, 0.29) is 12.1 Å². The number of nitrogens with one attached hydrogen (secondary N) is 1. The fraction of sp³-hybridized carbons (Fsp3) is 0.318. The molecule has 2 aromatic carbocycles. The molecule has 0 spiro atoms. The van der Waals surface area contributed by atoms with E-state index in [9.17, 15) is 4.79 Å². The number of carbonyl (C=O) groups excluding carboxylic acids is 1. The number of carbonyl (C=O) groups is 1. The lowest BCUT2D eigenvalue weighted by atomic mass is 10.2. The molecule has 30 heavy (non-hydrogen) atoms. The van der Waals surface area contributed by atoms with Gasteiger partial charge in [0.2, 0.25) is 11.7 Å². The molecule has 156 valence electrons. The number of ether oxygens (including phenoxy) is 1. The van der Waals surface area contributed by atoms with Crippen molar-refractivity contribution >= 4 is 11.7 Å². The van der Waals surface area contributed by atoms with Crippen LogP contribution >= 0.6 is 0 Å². The highest BCUT2D eigenvalue weighted by Gasteiger charge is 2.27. The van der Waals surface area contributed by atoms with E-state index >= 15 is 0 Å². The second-order valence-corrected chi connectivity index (χ2v) is 7.18. The summed E-state index contributed by atoms with van der Waals surface area (Å²) in [7, 11) is 1.60. The molecule has 0 bridgehead atoms. The lowest BCUT2D eigenvalue weighted by Crippen LogP contribution is -2.50. The van der Waals surface area contributed by atoms with Crippen molar-refractivity contribution in [3.63, 3.8) is 0 Å². The average Bonchev–Trinajstić information content (AvgIpc) is 3.30. The Bertz CT molecular complexity index is 983. The van der Waals surface area contributed by atoms with Crippen LogP contribution < -0.4 is 10.1 Å². The Kier molecular flexibility index (Phi) is 5.94. The Morgan fingerprint density at radius 1 is 1.10 bits per heavy atom. The van der Waals surface area contributed by atoms with Crippen molar-refractivity contribution in [3.05, 3.63) is 60.5 Å². The van der Waals surface area contributed by atoms with Crippen molar-refractivity contribution in [2.45, 2.75) is 13.0 Å². The van der Waals surface area contributed by atoms with Gasteiger partial charge in [-0.1, -0.05) is 41.6 Å². The van der Waals surface area contributed by atoms with Gasteiger partial charge in [-0.25, -0.2) is 4.79 Å². The van der Waals surface area contributed by atoms with Gasteiger partial charge in [0.1, 0.15) is 5.75 Å². The first-order valence-corrected chi connectivity index (χ1v) is 9.97. The molecular formula is C22H25N5O3. The summed E-state index contributed by atoms with van der Waals surface area (Å²) in [6.45, 7) is 4.76. The van der Waals surface area contributed by atoms with Crippen LogP contribution in [0.15, 0.2) is 59.1 Å². The highest BCUT2D eigenvalue weighted by molar-refractivity contribution is 5.89. The van der Waals surface area contributed by atoms with Crippen LogP contribution in [0, 0.1) is 0 Å². The van der Waals surface area contributed by atoms with E-state index in [0.29, 0.717) is 30.6 Å². The largest absolute Gasteiger partial charge is 0.497 e. The Hall–Kier alpha value is -3.39. The smallest absolute Gasteiger partial charge is 0.321 e. The summed E-state index contributed by atoms with van der Waals surface area (Å²) in [4.78, 5) is 21.2. The molecule has 1 aliphatic rings. The maximum Gasteiger partial charge on any atom is 0.321 e. The molecule has 1 fully saturated rings. The van der Waals surface area contributed by atoms with E-state index < -0.39 is 0 Å². The number of aromatic nitrogens is 2. The van der Waals surface area contributed by atoms with Gasteiger partial charge in [0.15, 0.2) is 0 Å². The third-order valence-corrected chi connectivity index (χ3v) is 5.30. The zero-order chi connectivity index (χ0) is 20.9. The molecule has 1 unspecified atom stereocenters. The molecule has 8 nitrogen and oxygen atoms in total. The molecule has 2 heterocycles. The van der Waals surface area contributed by atoms with Crippen LogP contribution in [0.4, 0.5) is 10.5 Å². The number of benzene rings is 2. The summed E-state index contributed by atoms with van der Waals surface area (Å²) < 4.78 is 10.7. The maximum absolute atomic E-state index is 12.6. The van der Waals surface area contributed by atoms with Crippen LogP contribution in [0.2, 0.25) is 0 Å². The minimum Gasteiger partial charge on any atom is -0.497 e. The van der Waals surface area contributed by atoms with Gasteiger partial charge < -0.3 is 19.5 Å². The van der Waals surface area contributed by atoms with E-state index in [0.717, 1.165) is 24.3 Å². The van der Waals surface area contributed by atoms with Gasteiger partial charge in [0.25, 0.3) is 0 Å². The van der Waals surface area contributed by atoms with Crippen molar-refractivity contribution < 1.29 is 14.1 Å². The number of hydrogen-bond donors (Lipinski definition) is 1. The van der Waals surface area contributed by atoms with Crippen molar-refractivity contribution in [1.82, 2.24) is 19.9 Å². The summed E-state index contributed by atoms with van der Waals surface area (Å²) in [5.41, 5.74) is 1.65. The Morgan fingerprint density at radius 2 is 1.87 bits per heavy atom.